The van der Waals surface area contributed by atoms with Gasteiger partial charge in [-0.05, 0) is 17.7 Å². The number of hydrogen-bond acceptors (Lipinski definition) is 1. The lowest BCUT2D eigenvalue weighted by Crippen LogP contribution is -2.16. The number of rotatable bonds is 1. The van der Waals surface area contributed by atoms with Gasteiger partial charge in [-0.25, -0.2) is 8.78 Å². The third-order valence-corrected chi connectivity index (χ3v) is 2.66. The number of halogens is 2. The fraction of sp³-hybridized carbons (Fsp3) is 0.273. The SMILES string of the molecule is C[Si](C)(C)C#Cc1ccc(N=[N+]=[N-])c(F)c1F. The van der Waals surface area contributed by atoms with Gasteiger partial charge in [-0.15, -0.1) is 5.54 Å². The lowest BCUT2D eigenvalue weighted by atomic mass is 10.2. The van der Waals surface area contributed by atoms with Crippen LogP contribution in [0.25, 0.3) is 10.4 Å². The summed E-state index contributed by atoms with van der Waals surface area (Å²) >= 11 is 0. The first-order valence-corrected chi connectivity index (χ1v) is 8.41. The van der Waals surface area contributed by atoms with Crippen LogP contribution in [0.5, 0.6) is 0 Å². The maximum Gasteiger partial charge on any atom is 0.174 e. The molecular weight excluding hydrogens is 240 g/mol. The zero-order valence-corrected chi connectivity index (χ0v) is 10.8. The van der Waals surface area contributed by atoms with Gasteiger partial charge in [0, 0.05) is 4.91 Å². The fourth-order valence-corrected chi connectivity index (χ4v) is 1.53. The van der Waals surface area contributed by atoms with Crippen LogP contribution >= 0.6 is 0 Å². The molecule has 0 saturated heterocycles. The van der Waals surface area contributed by atoms with Crippen molar-refractivity contribution in [1.29, 1.82) is 0 Å². The minimum Gasteiger partial charge on any atom is -0.203 e. The Bertz CT molecular complexity index is 546. The predicted octanol–water partition coefficient (Wildman–Crippen LogP) is 4.14. The van der Waals surface area contributed by atoms with E-state index in [1.54, 1.807) is 0 Å². The van der Waals surface area contributed by atoms with E-state index in [4.69, 9.17) is 5.53 Å². The van der Waals surface area contributed by atoms with Gasteiger partial charge >= 0.3 is 0 Å². The van der Waals surface area contributed by atoms with Crippen molar-refractivity contribution in [3.63, 3.8) is 0 Å². The normalized spacial score (nSPS) is 10.2. The Balaban J connectivity index is 3.25. The van der Waals surface area contributed by atoms with Crippen molar-refractivity contribution in [2.75, 3.05) is 0 Å². The second kappa shape index (κ2) is 5.00. The number of hydrogen-bond donors (Lipinski definition) is 0. The number of azide groups is 1. The standard InChI is InChI=1S/C11H11F2N3Si/c1-17(2,3)7-6-8-4-5-9(15-16-14)11(13)10(8)12/h4-5H,1-3H3. The van der Waals surface area contributed by atoms with Crippen molar-refractivity contribution in [3.05, 3.63) is 39.8 Å². The van der Waals surface area contributed by atoms with Crippen LogP contribution in [0.15, 0.2) is 17.2 Å². The Kier molecular flexibility index (Phi) is 3.89. The molecule has 1 aromatic carbocycles. The summed E-state index contributed by atoms with van der Waals surface area (Å²) in [6.45, 7) is 6.01. The topological polar surface area (TPSA) is 48.8 Å². The summed E-state index contributed by atoms with van der Waals surface area (Å²) in [5, 5.41) is 3.04. The summed E-state index contributed by atoms with van der Waals surface area (Å²) in [5.41, 5.74) is 10.7. The van der Waals surface area contributed by atoms with Gasteiger partial charge in [-0.3, -0.25) is 0 Å². The van der Waals surface area contributed by atoms with Crippen LogP contribution in [0.3, 0.4) is 0 Å². The van der Waals surface area contributed by atoms with Crippen molar-refractivity contribution in [2.45, 2.75) is 19.6 Å². The summed E-state index contributed by atoms with van der Waals surface area (Å²) in [7, 11) is -1.64. The van der Waals surface area contributed by atoms with E-state index in [-0.39, 0.29) is 11.3 Å². The number of nitrogens with zero attached hydrogens (tertiary/aromatic N) is 3. The first kappa shape index (κ1) is 13.2. The van der Waals surface area contributed by atoms with Crippen LogP contribution < -0.4 is 0 Å². The molecule has 0 aliphatic rings. The van der Waals surface area contributed by atoms with Crippen molar-refractivity contribution >= 4 is 13.8 Å². The van der Waals surface area contributed by atoms with E-state index in [0.29, 0.717) is 0 Å². The monoisotopic (exact) mass is 251 g/mol. The van der Waals surface area contributed by atoms with E-state index >= 15 is 0 Å². The van der Waals surface area contributed by atoms with E-state index < -0.39 is 19.7 Å². The Morgan fingerprint density at radius 3 is 2.41 bits per heavy atom. The molecule has 0 amide bonds. The lowest BCUT2D eigenvalue weighted by molar-refractivity contribution is 0.508. The largest absolute Gasteiger partial charge is 0.203 e. The molecule has 0 spiro atoms. The maximum atomic E-state index is 13.5. The molecule has 0 bridgehead atoms. The molecule has 88 valence electrons. The summed E-state index contributed by atoms with van der Waals surface area (Å²) in [4.78, 5) is 2.41. The summed E-state index contributed by atoms with van der Waals surface area (Å²) in [6.07, 6.45) is 0. The second-order valence-corrected chi connectivity index (χ2v) is 9.20. The average Bonchev–Trinajstić information content (AvgIpc) is 2.23. The van der Waals surface area contributed by atoms with Gasteiger partial charge < -0.3 is 0 Å². The van der Waals surface area contributed by atoms with Crippen molar-refractivity contribution in [2.24, 2.45) is 5.11 Å². The van der Waals surface area contributed by atoms with Crippen LogP contribution in [-0.4, -0.2) is 8.07 Å². The van der Waals surface area contributed by atoms with E-state index in [2.05, 4.69) is 21.5 Å². The maximum absolute atomic E-state index is 13.5. The van der Waals surface area contributed by atoms with Gasteiger partial charge in [-0.1, -0.05) is 30.7 Å². The second-order valence-electron chi connectivity index (χ2n) is 4.45. The minimum atomic E-state index is -1.64. The quantitative estimate of drug-likeness (QED) is 0.237. The molecule has 0 unspecified atom stereocenters. The minimum absolute atomic E-state index is 0.0122. The third-order valence-electron chi connectivity index (χ3n) is 1.79. The molecule has 0 N–H and O–H groups in total. The average molecular weight is 251 g/mol. The van der Waals surface area contributed by atoms with Crippen LogP contribution in [0.4, 0.5) is 14.5 Å². The molecular formula is C11H11F2N3Si. The molecule has 0 aliphatic heterocycles. The molecule has 1 aromatic rings. The summed E-state index contributed by atoms with van der Waals surface area (Å²) < 4.78 is 26.9. The van der Waals surface area contributed by atoms with E-state index in [1.807, 2.05) is 19.6 Å². The smallest absolute Gasteiger partial charge is 0.174 e. The van der Waals surface area contributed by atoms with Gasteiger partial charge in [0.15, 0.2) is 11.6 Å². The van der Waals surface area contributed by atoms with Gasteiger partial charge in [0.2, 0.25) is 0 Å². The first-order valence-electron chi connectivity index (χ1n) is 4.91. The van der Waals surface area contributed by atoms with Crippen LogP contribution in [0.1, 0.15) is 5.56 Å². The van der Waals surface area contributed by atoms with Crippen LogP contribution in [0.2, 0.25) is 19.6 Å². The lowest BCUT2D eigenvalue weighted by Gasteiger charge is -2.04. The van der Waals surface area contributed by atoms with E-state index in [9.17, 15) is 8.78 Å². The zero-order chi connectivity index (χ0) is 13.1. The molecule has 0 atom stereocenters. The van der Waals surface area contributed by atoms with E-state index in [0.717, 1.165) is 0 Å². The van der Waals surface area contributed by atoms with Crippen molar-refractivity contribution < 1.29 is 8.78 Å². The highest BCUT2D eigenvalue weighted by atomic mass is 28.3. The molecule has 0 heterocycles. The molecule has 6 heteroatoms. The summed E-state index contributed by atoms with van der Waals surface area (Å²) in [5.74, 6) is 0.394. The Labute approximate surface area is 99.1 Å². The molecule has 1 rings (SSSR count). The van der Waals surface area contributed by atoms with Gasteiger partial charge in [-0.2, -0.15) is 0 Å². The first-order chi connectivity index (χ1) is 7.85. The molecule has 0 radical (unpaired) electrons. The zero-order valence-electron chi connectivity index (χ0n) is 9.75. The molecule has 0 saturated carbocycles. The number of benzene rings is 1. The van der Waals surface area contributed by atoms with Crippen molar-refractivity contribution in [3.8, 4) is 11.5 Å². The molecule has 17 heavy (non-hydrogen) atoms. The van der Waals surface area contributed by atoms with E-state index in [1.165, 1.54) is 12.1 Å². The molecule has 3 nitrogen and oxygen atoms in total. The summed E-state index contributed by atoms with van der Waals surface area (Å²) in [6, 6.07) is 2.53. The Hall–Kier alpha value is -1.83. The van der Waals surface area contributed by atoms with Crippen LogP contribution in [0, 0.1) is 23.1 Å². The van der Waals surface area contributed by atoms with Crippen molar-refractivity contribution in [1.82, 2.24) is 0 Å². The van der Waals surface area contributed by atoms with Gasteiger partial charge in [0.05, 0.1) is 11.3 Å². The van der Waals surface area contributed by atoms with Crippen LogP contribution in [-0.2, 0) is 0 Å². The highest BCUT2D eigenvalue weighted by molar-refractivity contribution is 6.83. The predicted molar refractivity (Wildman–Crippen MR) is 65.4 cm³/mol. The molecule has 0 aliphatic carbocycles. The molecule has 0 aromatic heterocycles. The molecule has 0 fully saturated rings. The highest BCUT2D eigenvalue weighted by Crippen LogP contribution is 2.22. The fourth-order valence-electron chi connectivity index (χ4n) is 1.02. The highest BCUT2D eigenvalue weighted by Gasteiger charge is 2.12. The van der Waals surface area contributed by atoms with Gasteiger partial charge in [0.1, 0.15) is 8.07 Å². The van der Waals surface area contributed by atoms with Gasteiger partial charge in [0.25, 0.3) is 0 Å². The Morgan fingerprint density at radius 2 is 1.88 bits per heavy atom. The Morgan fingerprint density at radius 1 is 1.24 bits per heavy atom. The third kappa shape index (κ3) is 3.59.